The summed E-state index contributed by atoms with van der Waals surface area (Å²) in [5.41, 5.74) is 0.396. The molecule has 8 heteroatoms. The van der Waals surface area contributed by atoms with Crippen LogP contribution in [0.1, 0.15) is 10.4 Å². The van der Waals surface area contributed by atoms with Gasteiger partial charge in [0, 0.05) is 37.3 Å². The van der Waals surface area contributed by atoms with Crippen LogP contribution in [0, 0.1) is 0 Å². The molecule has 6 nitrogen and oxygen atoms in total. The average molecular weight is 409 g/mol. The van der Waals surface area contributed by atoms with Crippen molar-refractivity contribution in [3.63, 3.8) is 0 Å². The fourth-order valence-electron chi connectivity index (χ4n) is 2.80. The zero-order chi connectivity index (χ0) is 19.4. The van der Waals surface area contributed by atoms with Gasteiger partial charge in [0.2, 0.25) is 0 Å². The largest absolute Gasteiger partial charge is 0.508 e. The van der Waals surface area contributed by atoms with E-state index in [1.54, 1.807) is 34.1 Å². The van der Waals surface area contributed by atoms with E-state index in [1.165, 1.54) is 18.2 Å². The number of ether oxygens (including phenoxy) is 1. The highest BCUT2D eigenvalue weighted by Gasteiger charge is 2.26. The normalized spacial score (nSPS) is 14.1. The summed E-state index contributed by atoms with van der Waals surface area (Å²) in [4.78, 5) is 28.2. The Morgan fingerprint density at radius 3 is 2.37 bits per heavy atom. The van der Waals surface area contributed by atoms with Crippen molar-refractivity contribution >= 4 is 35.0 Å². The summed E-state index contributed by atoms with van der Waals surface area (Å²) in [6, 6.07) is 11.0. The van der Waals surface area contributed by atoms with E-state index in [4.69, 9.17) is 27.9 Å². The maximum absolute atomic E-state index is 12.6. The Morgan fingerprint density at radius 2 is 1.70 bits per heavy atom. The second kappa shape index (κ2) is 8.50. The molecule has 0 saturated carbocycles. The Bertz CT molecular complexity index is 851. The molecule has 2 aromatic rings. The van der Waals surface area contributed by atoms with Gasteiger partial charge < -0.3 is 19.6 Å². The van der Waals surface area contributed by atoms with Crippen LogP contribution in [0.4, 0.5) is 0 Å². The standard InChI is InChI=1S/C19H18Cl2N2O4/c20-13-4-5-16(17(21)10-13)19(26)23-8-6-22(7-9-23)18(25)12-27-15-3-1-2-14(24)11-15/h1-5,10-11,24H,6-9,12H2. The van der Waals surface area contributed by atoms with Gasteiger partial charge in [0.1, 0.15) is 11.5 Å². The number of nitrogens with zero attached hydrogens (tertiary/aromatic N) is 2. The molecule has 0 bridgehead atoms. The highest BCUT2D eigenvalue weighted by molar-refractivity contribution is 6.36. The summed E-state index contributed by atoms with van der Waals surface area (Å²) < 4.78 is 5.41. The average Bonchev–Trinajstić information content (AvgIpc) is 2.66. The Kier molecular flexibility index (Phi) is 6.08. The van der Waals surface area contributed by atoms with Gasteiger partial charge in [-0.25, -0.2) is 0 Å². The van der Waals surface area contributed by atoms with Gasteiger partial charge in [0.05, 0.1) is 10.6 Å². The summed E-state index contributed by atoms with van der Waals surface area (Å²) in [7, 11) is 0. The highest BCUT2D eigenvalue weighted by atomic mass is 35.5. The smallest absolute Gasteiger partial charge is 0.260 e. The number of phenolic OH excluding ortho intramolecular Hbond substituents is 1. The lowest BCUT2D eigenvalue weighted by molar-refractivity contribution is -0.134. The maximum atomic E-state index is 12.6. The summed E-state index contributed by atoms with van der Waals surface area (Å²) >= 11 is 12.0. The molecule has 0 atom stereocenters. The van der Waals surface area contributed by atoms with E-state index < -0.39 is 0 Å². The number of carbonyl (C=O) groups excluding carboxylic acids is 2. The van der Waals surface area contributed by atoms with Gasteiger partial charge in [-0.2, -0.15) is 0 Å². The number of amides is 2. The van der Waals surface area contributed by atoms with Crippen molar-refractivity contribution in [3.8, 4) is 11.5 Å². The molecule has 0 spiro atoms. The van der Waals surface area contributed by atoms with Crippen molar-refractivity contribution in [1.82, 2.24) is 9.80 Å². The lowest BCUT2D eigenvalue weighted by Crippen LogP contribution is -2.51. The number of piperazine rings is 1. The minimum absolute atomic E-state index is 0.0768. The van der Waals surface area contributed by atoms with Crippen molar-refractivity contribution in [2.75, 3.05) is 32.8 Å². The van der Waals surface area contributed by atoms with E-state index in [0.29, 0.717) is 47.5 Å². The van der Waals surface area contributed by atoms with Crippen LogP contribution in [0.3, 0.4) is 0 Å². The number of hydrogen-bond acceptors (Lipinski definition) is 4. The first-order chi connectivity index (χ1) is 12.9. The van der Waals surface area contributed by atoms with Gasteiger partial charge >= 0.3 is 0 Å². The predicted octanol–water partition coefficient (Wildman–Crippen LogP) is 3.06. The van der Waals surface area contributed by atoms with Crippen molar-refractivity contribution in [2.45, 2.75) is 0 Å². The van der Waals surface area contributed by atoms with Gasteiger partial charge in [-0.1, -0.05) is 29.3 Å². The molecule has 0 unspecified atom stereocenters. The van der Waals surface area contributed by atoms with Crippen molar-refractivity contribution in [1.29, 1.82) is 0 Å². The Balaban J connectivity index is 1.52. The number of carbonyl (C=O) groups is 2. The molecule has 142 valence electrons. The van der Waals surface area contributed by atoms with E-state index >= 15 is 0 Å². The first-order valence-electron chi connectivity index (χ1n) is 8.38. The van der Waals surface area contributed by atoms with Gasteiger partial charge in [0.15, 0.2) is 6.61 Å². The van der Waals surface area contributed by atoms with E-state index in [0.717, 1.165) is 0 Å². The number of aromatic hydroxyl groups is 1. The quantitative estimate of drug-likeness (QED) is 0.843. The van der Waals surface area contributed by atoms with Crippen LogP contribution in [0.15, 0.2) is 42.5 Å². The minimum Gasteiger partial charge on any atom is -0.508 e. The summed E-state index contributed by atoms with van der Waals surface area (Å²) in [6.07, 6.45) is 0. The van der Waals surface area contributed by atoms with Crippen LogP contribution in [0.25, 0.3) is 0 Å². The predicted molar refractivity (Wildman–Crippen MR) is 103 cm³/mol. The summed E-state index contributed by atoms with van der Waals surface area (Å²) in [5.74, 6) is 0.150. The van der Waals surface area contributed by atoms with Crippen LogP contribution < -0.4 is 4.74 Å². The number of halogens is 2. The topological polar surface area (TPSA) is 70.1 Å². The van der Waals surface area contributed by atoms with Gasteiger partial charge in [0.25, 0.3) is 11.8 Å². The summed E-state index contributed by atoms with van der Waals surface area (Å²) in [6.45, 7) is 1.53. The maximum Gasteiger partial charge on any atom is 0.260 e. The second-order valence-electron chi connectivity index (χ2n) is 6.08. The molecule has 1 aliphatic rings. The SMILES string of the molecule is O=C(COc1cccc(O)c1)N1CCN(C(=O)c2ccc(Cl)cc2Cl)CC1. The summed E-state index contributed by atoms with van der Waals surface area (Å²) in [5, 5.41) is 10.2. The van der Waals surface area contributed by atoms with E-state index in [2.05, 4.69) is 0 Å². The lowest BCUT2D eigenvalue weighted by Gasteiger charge is -2.34. The molecule has 2 aromatic carbocycles. The molecule has 1 fully saturated rings. The zero-order valence-electron chi connectivity index (χ0n) is 14.4. The number of phenols is 1. The molecule has 0 aliphatic carbocycles. The Labute approximate surface area is 166 Å². The molecule has 1 N–H and O–H groups in total. The highest BCUT2D eigenvalue weighted by Crippen LogP contribution is 2.23. The first kappa shape index (κ1) is 19.3. The van der Waals surface area contributed by atoms with Crippen LogP contribution >= 0.6 is 23.2 Å². The molecule has 1 aliphatic heterocycles. The van der Waals surface area contributed by atoms with Crippen LogP contribution in [0.5, 0.6) is 11.5 Å². The third kappa shape index (κ3) is 4.84. The Morgan fingerprint density at radius 1 is 1.00 bits per heavy atom. The van der Waals surface area contributed by atoms with E-state index in [9.17, 15) is 14.7 Å². The molecule has 1 saturated heterocycles. The first-order valence-corrected chi connectivity index (χ1v) is 9.13. The molecule has 2 amide bonds. The molecule has 0 radical (unpaired) electrons. The van der Waals surface area contributed by atoms with Gasteiger partial charge in [-0.05, 0) is 30.3 Å². The Hall–Kier alpha value is -2.44. The van der Waals surface area contributed by atoms with E-state index in [1.807, 2.05) is 0 Å². The van der Waals surface area contributed by atoms with Gasteiger partial charge in [-0.3, -0.25) is 9.59 Å². The fraction of sp³-hybridized carbons (Fsp3) is 0.263. The fourth-order valence-corrected chi connectivity index (χ4v) is 3.29. The molecule has 3 rings (SSSR count). The minimum atomic E-state index is -0.181. The molecular weight excluding hydrogens is 391 g/mol. The lowest BCUT2D eigenvalue weighted by atomic mass is 10.1. The van der Waals surface area contributed by atoms with Crippen molar-refractivity contribution in [2.24, 2.45) is 0 Å². The van der Waals surface area contributed by atoms with Crippen LogP contribution in [-0.2, 0) is 4.79 Å². The molecule has 0 aromatic heterocycles. The molecule has 27 heavy (non-hydrogen) atoms. The number of hydrogen-bond donors (Lipinski definition) is 1. The second-order valence-corrected chi connectivity index (χ2v) is 6.93. The van der Waals surface area contributed by atoms with Gasteiger partial charge in [-0.15, -0.1) is 0 Å². The number of benzene rings is 2. The van der Waals surface area contributed by atoms with Crippen molar-refractivity contribution < 1.29 is 19.4 Å². The monoisotopic (exact) mass is 408 g/mol. The van der Waals surface area contributed by atoms with Crippen molar-refractivity contribution in [3.05, 3.63) is 58.1 Å². The van der Waals surface area contributed by atoms with E-state index in [-0.39, 0.29) is 24.2 Å². The third-order valence-electron chi connectivity index (χ3n) is 4.26. The third-order valence-corrected chi connectivity index (χ3v) is 4.81. The zero-order valence-corrected chi connectivity index (χ0v) is 15.9. The van der Waals surface area contributed by atoms with Crippen LogP contribution in [0.2, 0.25) is 10.0 Å². The number of rotatable bonds is 4. The molecular formula is C19H18Cl2N2O4. The van der Waals surface area contributed by atoms with Crippen LogP contribution in [-0.4, -0.2) is 59.5 Å². The molecule has 1 heterocycles.